The minimum absolute atomic E-state index is 0.230. The molecule has 2 N–H and O–H groups in total. The van der Waals surface area contributed by atoms with Gasteiger partial charge in [-0.15, -0.1) is 0 Å². The summed E-state index contributed by atoms with van der Waals surface area (Å²) in [5.74, 6) is 0.254. The van der Waals surface area contributed by atoms with E-state index in [-0.39, 0.29) is 5.69 Å². The van der Waals surface area contributed by atoms with Crippen LogP contribution in [0.2, 0.25) is 0 Å². The zero-order valence-corrected chi connectivity index (χ0v) is 11.7. The molecule has 0 aliphatic rings. The van der Waals surface area contributed by atoms with Crippen LogP contribution >= 0.6 is 0 Å². The summed E-state index contributed by atoms with van der Waals surface area (Å²) in [5, 5.41) is 9.39. The Bertz CT molecular complexity index is 890. The number of nitrogens with zero attached hydrogens (tertiary/aromatic N) is 2. The molecular weight excluding hydrogens is 284 g/mol. The maximum atomic E-state index is 12.4. The number of carbonyl (C=O) groups is 1. The van der Waals surface area contributed by atoms with E-state index in [9.17, 15) is 9.59 Å². The fraction of sp³-hybridized carbons (Fsp3) is 0.0667. The number of hydrogen-bond donors (Lipinski definition) is 2. The number of amides is 1. The van der Waals surface area contributed by atoms with Crippen LogP contribution in [0.25, 0.3) is 10.9 Å². The zero-order chi connectivity index (χ0) is 15.5. The molecule has 0 aliphatic carbocycles. The largest absolute Gasteiger partial charge is 0.497 e. The van der Waals surface area contributed by atoms with Crippen LogP contribution in [-0.4, -0.2) is 28.2 Å². The molecule has 2 aromatic heterocycles. The van der Waals surface area contributed by atoms with Crippen molar-refractivity contribution in [3.8, 4) is 5.75 Å². The Labute approximate surface area is 125 Å². The lowest BCUT2D eigenvalue weighted by Crippen LogP contribution is -2.24. The summed E-state index contributed by atoms with van der Waals surface area (Å²) >= 11 is 0. The molecule has 0 fully saturated rings. The van der Waals surface area contributed by atoms with Crippen LogP contribution in [0.3, 0.4) is 0 Å². The van der Waals surface area contributed by atoms with Crippen molar-refractivity contribution in [2.75, 3.05) is 12.4 Å². The number of carbonyl (C=O) groups excluding carboxylic acids is 1. The highest BCUT2D eigenvalue weighted by atomic mass is 16.5. The SMILES string of the molecule is COc1ccc2[nH]nc(C(=O)Nc3ccccn3)c(=O)c2c1. The maximum absolute atomic E-state index is 12.4. The van der Waals surface area contributed by atoms with Crippen LogP contribution in [0.15, 0.2) is 47.4 Å². The lowest BCUT2D eigenvalue weighted by Gasteiger charge is -2.05. The van der Waals surface area contributed by atoms with Crippen molar-refractivity contribution in [3.63, 3.8) is 0 Å². The van der Waals surface area contributed by atoms with E-state index in [1.54, 1.807) is 42.6 Å². The van der Waals surface area contributed by atoms with E-state index in [1.807, 2.05) is 0 Å². The van der Waals surface area contributed by atoms with Crippen molar-refractivity contribution in [1.29, 1.82) is 0 Å². The summed E-state index contributed by atoms with van der Waals surface area (Å²) in [6, 6.07) is 10.0. The van der Waals surface area contributed by atoms with Crippen molar-refractivity contribution >= 4 is 22.6 Å². The van der Waals surface area contributed by atoms with Crippen molar-refractivity contribution < 1.29 is 9.53 Å². The fourth-order valence-corrected chi connectivity index (χ4v) is 2.00. The summed E-state index contributed by atoms with van der Waals surface area (Å²) in [6.45, 7) is 0. The maximum Gasteiger partial charge on any atom is 0.281 e. The molecule has 0 bridgehead atoms. The minimum Gasteiger partial charge on any atom is -0.497 e. The molecule has 1 amide bonds. The third-order valence-corrected chi connectivity index (χ3v) is 3.10. The highest BCUT2D eigenvalue weighted by molar-refractivity contribution is 6.03. The van der Waals surface area contributed by atoms with E-state index in [2.05, 4.69) is 20.5 Å². The Morgan fingerprint density at radius 3 is 2.86 bits per heavy atom. The van der Waals surface area contributed by atoms with Crippen LogP contribution < -0.4 is 15.5 Å². The molecule has 0 aliphatic heterocycles. The molecule has 110 valence electrons. The smallest absolute Gasteiger partial charge is 0.281 e. The van der Waals surface area contributed by atoms with Gasteiger partial charge in [0.15, 0.2) is 5.69 Å². The van der Waals surface area contributed by atoms with Gasteiger partial charge in [-0.1, -0.05) is 6.07 Å². The second-order valence-corrected chi connectivity index (χ2v) is 4.48. The highest BCUT2D eigenvalue weighted by Gasteiger charge is 2.16. The van der Waals surface area contributed by atoms with Crippen LogP contribution in [0.1, 0.15) is 10.5 Å². The normalized spacial score (nSPS) is 10.4. The van der Waals surface area contributed by atoms with Crippen LogP contribution in [0, 0.1) is 0 Å². The van der Waals surface area contributed by atoms with Gasteiger partial charge in [-0.2, -0.15) is 5.10 Å². The second kappa shape index (κ2) is 5.65. The van der Waals surface area contributed by atoms with Crippen molar-refractivity contribution in [1.82, 2.24) is 15.2 Å². The first-order valence-electron chi connectivity index (χ1n) is 6.48. The quantitative estimate of drug-likeness (QED) is 0.764. The average Bonchev–Trinajstić information content (AvgIpc) is 2.56. The molecule has 7 heteroatoms. The first-order chi connectivity index (χ1) is 10.7. The Balaban J connectivity index is 2.02. The van der Waals surface area contributed by atoms with Crippen molar-refractivity contribution in [2.45, 2.75) is 0 Å². The van der Waals surface area contributed by atoms with Gasteiger partial charge in [0, 0.05) is 6.20 Å². The number of methoxy groups -OCH3 is 1. The molecule has 0 atom stereocenters. The van der Waals surface area contributed by atoms with Gasteiger partial charge in [-0.05, 0) is 30.3 Å². The first-order valence-corrected chi connectivity index (χ1v) is 6.48. The summed E-state index contributed by atoms with van der Waals surface area (Å²) < 4.78 is 5.09. The van der Waals surface area contributed by atoms with E-state index >= 15 is 0 Å². The number of nitrogens with one attached hydrogen (secondary N) is 2. The minimum atomic E-state index is -0.621. The van der Waals surface area contributed by atoms with Gasteiger partial charge >= 0.3 is 0 Å². The van der Waals surface area contributed by atoms with E-state index in [4.69, 9.17) is 4.74 Å². The second-order valence-electron chi connectivity index (χ2n) is 4.48. The summed E-state index contributed by atoms with van der Waals surface area (Å²) in [5.41, 5.74) is -0.173. The molecule has 0 spiro atoms. The molecule has 3 rings (SSSR count). The summed E-state index contributed by atoms with van der Waals surface area (Å²) in [4.78, 5) is 28.5. The third-order valence-electron chi connectivity index (χ3n) is 3.10. The number of aromatic amines is 1. The number of fused-ring (bicyclic) bond motifs is 1. The molecule has 7 nitrogen and oxygen atoms in total. The number of aromatic nitrogens is 3. The predicted octanol–water partition coefficient (Wildman–Crippen LogP) is 1.58. The van der Waals surface area contributed by atoms with E-state index in [0.717, 1.165) is 0 Å². The summed E-state index contributed by atoms with van der Waals surface area (Å²) in [6.07, 6.45) is 1.54. The van der Waals surface area contributed by atoms with Gasteiger partial charge in [0.25, 0.3) is 5.91 Å². The van der Waals surface area contributed by atoms with Gasteiger partial charge in [-0.25, -0.2) is 4.98 Å². The van der Waals surface area contributed by atoms with Crippen molar-refractivity contribution in [2.24, 2.45) is 0 Å². The van der Waals surface area contributed by atoms with Crippen LogP contribution in [0.4, 0.5) is 5.82 Å². The first kappa shape index (κ1) is 13.7. The van der Waals surface area contributed by atoms with Gasteiger partial charge in [-0.3, -0.25) is 14.7 Å². The van der Waals surface area contributed by atoms with Gasteiger partial charge < -0.3 is 10.1 Å². The third kappa shape index (κ3) is 2.51. The van der Waals surface area contributed by atoms with E-state index in [0.29, 0.717) is 22.5 Å². The van der Waals surface area contributed by atoms with Crippen LogP contribution in [-0.2, 0) is 0 Å². The van der Waals surface area contributed by atoms with Gasteiger partial charge in [0.2, 0.25) is 5.43 Å². The van der Waals surface area contributed by atoms with E-state index < -0.39 is 11.3 Å². The predicted molar refractivity (Wildman–Crippen MR) is 81.1 cm³/mol. The Morgan fingerprint density at radius 1 is 1.27 bits per heavy atom. The molecule has 0 radical (unpaired) electrons. The van der Waals surface area contributed by atoms with Crippen LogP contribution in [0.5, 0.6) is 5.75 Å². The van der Waals surface area contributed by atoms with Gasteiger partial charge in [0.05, 0.1) is 18.0 Å². The number of benzene rings is 1. The number of anilines is 1. The van der Waals surface area contributed by atoms with E-state index in [1.165, 1.54) is 7.11 Å². The monoisotopic (exact) mass is 296 g/mol. The Hall–Kier alpha value is -3.22. The molecule has 0 saturated carbocycles. The average molecular weight is 296 g/mol. The van der Waals surface area contributed by atoms with Crippen molar-refractivity contribution in [3.05, 3.63) is 58.5 Å². The molecule has 1 aromatic carbocycles. The number of H-pyrrole nitrogens is 1. The molecule has 22 heavy (non-hydrogen) atoms. The number of ether oxygens (including phenoxy) is 1. The summed E-state index contributed by atoms with van der Waals surface area (Å²) in [7, 11) is 1.51. The standard InChI is InChI=1S/C15H12N4O3/c1-22-9-5-6-11-10(8-9)14(20)13(19-18-11)15(21)17-12-4-2-3-7-16-12/h2-8H,1H3,(H,18,20)(H,16,17,21). The Kier molecular flexibility index (Phi) is 3.53. The molecule has 3 aromatic rings. The highest BCUT2D eigenvalue weighted by Crippen LogP contribution is 2.16. The molecule has 2 heterocycles. The number of hydrogen-bond acceptors (Lipinski definition) is 5. The Morgan fingerprint density at radius 2 is 2.14 bits per heavy atom. The fourth-order valence-electron chi connectivity index (χ4n) is 2.00. The molecule has 0 saturated heterocycles. The number of pyridine rings is 1. The zero-order valence-electron chi connectivity index (χ0n) is 11.7. The molecular formula is C15H12N4O3. The molecule has 0 unspecified atom stereocenters. The van der Waals surface area contributed by atoms with Gasteiger partial charge in [0.1, 0.15) is 11.6 Å². The lowest BCUT2D eigenvalue weighted by atomic mass is 10.2. The lowest BCUT2D eigenvalue weighted by molar-refractivity contribution is 0.102. The number of rotatable bonds is 3. The topological polar surface area (TPSA) is 97.0 Å².